The molecule has 0 unspecified atom stereocenters. The van der Waals surface area contributed by atoms with Gasteiger partial charge in [-0.05, 0) is 30.0 Å². The van der Waals surface area contributed by atoms with Crippen molar-refractivity contribution in [2.24, 2.45) is 0 Å². The van der Waals surface area contributed by atoms with Crippen LogP contribution in [0.2, 0.25) is 0 Å². The zero-order valence-electron chi connectivity index (χ0n) is 8.68. The lowest BCUT2D eigenvalue weighted by Crippen LogP contribution is -1.98. The summed E-state index contributed by atoms with van der Waals surface area (Å²) in [5, 5.41) is 16.9. The third-order valence-electron chi connectivity index (χ3n) is 1.88. The average molecular weight is 315 g/mol. The second kappa shape index (κ2) is 4.89. The summed E-state index contributed by atoms with van der Waals surface area (Å²) >= 11 is 4.36. The first-order valence-corrected chi connectivity index (χ1v) is 6.18. The minimum absolute atomic E-state index is 0.195. The highest BCUT2D eigenvalue weighted by Crippen LogP contribution is 2.31. The normalized spacial score (nSPS) is 10.5. The van der Waals surface area contributed by atoms with Gasteiger partial charge in [-0.1, -0.05) is 15.9 Å². The van der Waals surface area contributed by atoms with Crippen molar-refractivity contribution >= 4 is 33.7 Å². The predicted molar refractivity (Wildman–Crippen MR) is 64.3 cm³/mol. The molecule has 0 atom stereocenters. The Bertz CT molecular complexity index is 570. The number of rotatable bonds is 3. The van der Waals surface area contributed by atoms with Gasteiger partial charge in [-0.2, -0.15) is 0 Å². The maximum absolute atomic E-state index is 11.1. The van der Waals surface area contributed by atoms with Crippen LogP contribution >= 0.6 is 27.7 Å². The fourth-order valence-electron chi connectivity index (χ4n) is 1.17. The van der Waals surface area contributed by atoms with Crippen LogP contribution in [0.3, 0.4) is 0 Å². The summed E-state index contributed by atoms with van der Waals surface area (Å²) in [4.78, 5) is 11.6. The summed E-state index contributed by atoms with van der Waals surface area (Å²) in [6.07, 6.45) is 0. The van der Waals surface area contributed by atoms with Crippen molar-refractivity contribution < 1.29 is 14.3 Å². The summed E-state index contributed by atoms with van der Waals surface area (Å²) in [6, 6.07) is 4.99. The van der Waals surface area contributed by atoms with Gasteiger partial charge in [-0.3, -0.25) is 0 Å². The molecule has 0 saturated heterocycles. The highest BCUT2D eigenvalue weighted by atomic mass is 79.9. The Kier molecular flexibility index (Phi) is 3.49. The smallest absolute Gasteiger partial charge is 0.336 e. The van der Waals surface area contributed by atoms with E-state index in [2.05, 4.69) is 26.1 Å². The molecule has 0 aliphatic carbocycles. The molecule has 5 nitrogen and oxygen atoms in total. The highest BCUT2D eigenvalue weighted by Gasteiger charge is 2.14. The van der Waals surface area contributed by atoms with Crippen LogP contribution < -0.4 is 0 Å². The second-order valence-corrected chi connectivity index (χ2v) is 5.04. The fraction of sp³-hybridized carbons (Fsp3) is 0.100. The van der Waals surface area contributed by atoms with Gasteiger partial charge in [0.25, 0.3) is 5.22 Å². The topological polar surface area (TPSA) is 76.2 Å². The van der Waals surface area contributed by atoms with Crippen LogP contribution in [-0.2, 0) is 0 Å². The first-order chi connectivity index (χ1) is 8.06. The molecule has 1 N–H and O–H groups in total. The van der Waals surface area contributed by atoms with E-state index < -0.39 is 5.97 Å². The third kappa shape index (κ3) is 2.86. The van der Waals surface area contributed by atoms with E-state index in [0.717, 1.165) is 11.8 Å². The number of carboxylic acids is 1. The lowest BCUT2D eigenvalue weighted by Gasteiger charge is -2.03. The van der Waals surface area contributed by atoms with Crippen LogP contribution in [-0.4, -0.2) is 21.3 Å². The van der Waals surface area contributed by atoms with E-state index >= 15 is 0 Å². The molecule has 88 valence electrons. The van der Waals surface area contributed by atoms with Crippen LogP contribution in [0.5, 0.6) is 0 Å². The third-order valence-corrected chi connectivity index (χ3v) is 3.29. The first-order valence-electron chi connectivity index (χ1n) is 4.57. The lowest BCUT2D eigenvalue weighted by molar-refractivity contribution is 0.0693. The number of carbonyl (C=O) groups is 1. The number of hydrogen-bond donors (Lipinski definition) is 1. The van der Waals surface area contributed by atoms with Crippen molar-refractivity contribution in [2.45, 2.75) is 17.0 Å². The first kappa shape index (κ1) is 12.1. The van der Waals surface area contributed by atoms with Gasteiger partial charge in [0.2, 0.25) is 5.89 Å². The number of nitrogens with zero attached hydrogens (tertiary/aromatic N) is 2. The number of hydrogen-bond acceptors (Lipinski definition) is 5. The maximum Gasteiger partial charge on any atom is 0.336 e. The van der Waals surface area contributed by atoms with E-state index in [1.165, 1.54) is 6.07 Å². The monoisotopic (exact) mass is 314 g/mol. The fourth-order valence-corrected chi connectivity index (χ4v) is 2.36. The van der Waals surface area contributed by atoms with Gasteiger partial charge in [0.1, 0.15) is 0 Å². The second-order valence-electron chi connectivity index (χ2n) is 3.13. The highest BCUT2D eigenvalue weighted by molar-refractivity contribution is 9.10. The molecule has 0 saturated carbocycles. The minimum atomic E-state index is -0.995. The molecule has 1 aromatic heterocycles. The zero-order valence-corrected chi connectivity index (χ0v) is 11.1. The van der Waals surface area contributed by atoms with E-state index in [-0.39, 0.29) is 5.56 Å². The number of benzene rings is 1. The molecule has 1 heterocycles. The van der Waals surface area contributed by atoms with Crippen molar-refractivity contribution in [3.05, 3.63) is 34.1 Å². The van der Waals surface area contributed by atoms with Gasteiger partial charge in [0, 0.05) is 16.3 Å². The number of aryl methyl sites for hydroxylation is 1. The van der Waals surface area contributed by atoms with E-state index in [4.69, 9.17) is 9.52 Å². The summed E-state index contributed by atoms with van der Waals surface area (Å²) in [6.45, 7) is 1.68. The van der Waals surface area contributed by atoms with Gasteiger partial charge in [0.15, 0.2) is 0 Å². The number of aromatic nitrogens is 2. The molecular formula is C10H7BrN2O3S. The van der Waals surface area contributed by atoms with Gasteiger partial charge in [0.05, 0.1) is 5.56 Å². The molecule has 0 bridgehead atoms. The molecule has 0 aliphatic rings. The Morgan fingerprint density at radius 1 is 1.47 bits per heavy atom. The quantitative estimate of drug-likeness (QED) is 0.938. The van der Waals surface area contributed by atoms with E-state index in [1.807, 2.05) is 0 Å². The van der Waals surface area contributed by atoms with Crippen LogP contribution in [0.25, 0.3) is 0 Å². The van der Waals surface area contributed by atoms with E-state index in [0.29, 0.717) is 20.5 Å². The lowest BCUT2D eigenvalue weighted by atomic mass is 10.2. The summed E-state index contributed by atoms with van der Waals surface area (Å²) < 4.78 is 5.90. The molecule has 1 aromatic carbocycles. The molecule has 0 fully saturated rings. The molecule has 2 aromatic rings. The van der Waals surface area contributed by atoms with Crippen molar-refractivity contribution in [2.75, 3.05) is 0 Å². The number of carboxylic acid groups (broad SMARTS) is 1. The zero-order chi connectivity index (χ0) is 12.4. The molecular weight excluding hydrogens is 308 g/mol. The Hall–Kier alpha value is -1.34. The van der Waals surface area contributed by atoms with Crippen LogP contribution in [0.1, 0.15) is 16.2 Å². The average Bonchev–Trinajstić information content (AvgIpc) is 2.66. The predicted octanol–water partition coefficient (Wildman–Crippen LogP) is 2.99. The minimum Gasteiger partial charge on any atom is -0.478 e. The van der Waals surface area contributed by atoms with Gasteiger partial charge in [-0.15, -0.1) is 10.2 Å². The number of halogens is 1. The van der Waals surface area contributed by atoms with Crippen LogP contribution in [0.15, 0.2) is 37.2 Å². The summed E-state index contributed by atoms with van der Waals surface area (Å²) in [5.74, 6) is -0.550. The van der Waals surface area contributed by atoms with E-state index in [9.17, 15) is 4.79 Å². The maximum atomic E-state index is 11.1. The Morgan fingerprint density at radius 2 is 2.24 bits per heavy atom. The van der Waals surface area contributed by atoms with Gasteiger partial charge >= 0.3 is 5.97 Å². The standard InChI is InChI=1S/C10H7BrN2O3S/c1-5-12-13-10(16-5)17-8-3-2-6(11)4-7(8)9(14)15/h2-4H,1H3,(H,14,15). The molecule has 0 amide bonds. The molecule has 0 radical (unpaired) electrons. The summed E-state index contributed by atoms with van der Waals surface area (Å²) in [5.41, 5.74) is 0.195. The SMILES string of the molecule is Cc1nnc(Sc2ccc(Br)cc2C(=O)O)o1. The van der Waals surface area contributed by atoms with Crippen molar-refractivity contribution in [3.8, 4) is 0 Å². The van der Waals surface area contributed by atoms with Crippen molar-refractivity contribution in [1.82, 2.24) is 10.2 Å². The Balaban J connectivity index is 2.35. The van der Waals surface area contributed by atoms with Crippen LogP contribution in [0.4, 0.5) is 0 Å². The van der Waals surface area contributed by atoms with Crippen molar-refractivity contribution in [1.29, 1.82) is 0 Å². The Labute approximate surface area is 109 Å². The van der Waals surface area contributed by atoms with Gasteiger partial charge < -0.3 is 9.52 Å². The number of aromatic carboxylic acids is 1. The summed E-state index contributed by atoms with van der Waals surface area (Å²) in [7, 11) is 0. The van der Waals surface area contributed by atoms with E-state index in [1.54, 1.807) is 19.1 Å². The molecule has 0 spiro atoms. The van der Waals surface area contributed by atoms with Crippen LogP contribution in [0, 0.1) is 6.92 Å². The largest absolute Gasteiger partial charge is 0.478 e. The molecule has 17 heavy (non-hydrogen) atoms. The Morgan fingerprint density at radius 3 is 2.82 bits per heavy atom. The van der Waals surface area contributed by atoms with Gasteiger partial charge in [-0.25, -0.2) is 4.79 Å². The van der Waals surface area contributed by atoms with Crippen molar-refractivity contribution in [3.63, 3.8) is 0 Å². The molecule has 2 rings (SSSR count). The molecule has 7 heteroatoms. The molecule has 0 aliphatic heterocycles.